The third kappa shape index (κ3) is 6.79. The van der Waals surface area contributed by atoms with Crippen LogP contribution >= 0.6 is 0 Å². The third-order valence-electron chi connectivity index (χ3n) is 7.37. The fraction of sp³-hybridized carbons (Fsp3) is 1.00. The molecule has 138 valence electrons. The summed E-state index contributed by atoms with van der Waals surface area (Å²) >= 11 is 0. The molecule has 0 aromatic rings. The molecule has 0 saturated heterocycles. The molecule has 1 saturated carbocycles. The van der Waals surface area contributed by atoms with Gasteiger partial charge in [-0.05, 0) is 67.1 Å². The zero-order valence-corrected chi connectivity index (χ0v) is 17.4. The highest BCUT2D eigenvalue weighted by Crippen LogP contribution is 2.41. The molecular formula is C23H46. The van der Waals surface area contributed by atoms with E-state index in [1.165, 1.54) is 57.8 Å². The first-order valence-electron chi connectivity index (χ1n) is 10.9. The molecule has 0 radical (unpaired) electrons. The predicted molar refractivity (Wildman–Crippen MR) is 106 cm³/mol. The quantitative estimate of drug-likeness (QED) is 0.362. The first kappa shape index (κ1) is 21.0. The van der Waals surface area contributed by atoms with Crippen molar-refractivity contribution in [1.29, 1.82) is 0 Å². The largest absolute Gasteiger partial charge is 0.0651 e. The van der Waals surface area contributed by atoms with Crippen LogP contribution in [0.4, 0.5) is 0 Å². The summed E-state index contributed by atoms with van der Waals surface area (Å²) in [6.45, 7) is 17.1. The van der Waals surface area contributed by atoms with Gasteiger partial charge < -0.3 is 0 Å². The maximum Gasteiger partial charge on any atom is -0.0365 e. The van der Waals surface area contributed by atoms with E-state index in [-0.39, 0.29) is 0 Å². The van der Waals surface area contributed by atoms with Gasteiger partial charge in [-0.25, -0.2) is 0 Å². The zero-order chi connectivity index (χ0) is 17.4. The summed E-state index contributed by atoms with van der Waals surface area (Å²) < 4.78 is 0. The summed E-state index contributed by atoms with van der Waals surface area (Å²) in [5.41, 5.74) is 0. The van der Waals surface area contributed by atoms with E-state index in [1.54, 1.807) is 0 Å². The van der Waals surface area contributed by atoms with Crippen molar-refractivity contribution in [3.63, 3.8) is 0 Å². The lowest BCUT2D eigenvalue weighted by molar-refractivity contribution is 0.190. The van der Waals surface area contributed by atoms with E-state index >= 15 is 0 Å². The Bertz CT molecular complexity index is 294. The van der Waals surface area contributed by atoms with E-state index < -0.39 is 0 Å². The maximum atomic E-state index is 2.54. The van der Waals surface area contributed by atoms with Crippen LogP contribution in [0.2, 0.25) is 0 Å². The minimum atomic E-state index is 0.898. The highest BCUT2D eigenvalue weighted by Gasteiger charge is 2.30. The van der Waals surface area contributed by atoms with Crippen LogP contribution in [-0.4, -0.2) is 0 Å². The number of hydrogen-bond acceptors (Lipinski definition) is 0. The molecule has 7 atom stereocenters. The van der Waals surface area contributed by atoms with Crippen molar-refractivity contribution in [2.75, 3.05) is 0 Å². The van der Waals surface area contributed by atoms with Crippen molar-refractivity contribution in [2.24, 2.45) is 41.4 Å². The Labute approximate surface area is 148 Å². The van der Waals surface area contributed by atoms with Crippen LogP contribution in [0.15, 0.2) is 0 Å². The Balaban J connectivity index is 2.58. The van der Waals surface area contributed by atoms with Gasteiger partial charge in [0.1, 0.15) is 0 Å². The van der Waals surface area contributed by atoms with Crippen molar-refractivity contribution in [1.82, 2.24) is 0 Å². The highest BCUT2D eigenvalue weighted by atomic mass is 14.4. The minimum Gasteiger partial charge on any atom is -0.0651 e. The maximum absolute atomic E-state index is 2.54. The molecule has 0 heteroatoms. The van der Waals surface area contributed by atoms with Crippen LogP contribution in [-0.2, 0) is 0 Å². The van der Waals surface area contributed by atoms with Gasteiger partial charge in [0.2, 0.25) is 0 Å². The molecule has 1 aliphatic carbocycles. The fourth-order valence-corrected chi connectivity index (χ4v) is 5.27. The Morgan fingerprint density at radius 2 is 1.52 bits per heavy atom. The number of rotatable bonds is 11. The van der Waals surface area contributed by atoms with Gasteiger partial charge in [0.05, 0.1) is 0 Å². The van der Waals surface area contributed by atoms with E-state index in [9.17, 15) is 0 Å². The van der Waals surface area contributed by atoms with Gasteiger partial charge in [0.25, 0.3) is 0 Å². The van der Waals surface area contributed by atoms with Gasteiger partial charge >= 0.3 is 0 Å². The van der Waals surface area contributed by atoms with Crippen LogP contribution in [0.3, 0.4) is 0 Å². The van der Waals surface area contributed by atoms with E-state index in [1.807, 2.05) is 0 Å². The molecule has 0 bridgehead atoms. The van der Waals surface area contributed by atoms with Gasteiger partial charge in [-0.2, -0.15) is 0 Å². The molecule has 1 aliphatic rings. The zero-order valence-electron chi connectivity index (χ0n) is 17.4. The molecule has 0 aromatic heterocycles. The van der Waals surface area contributed by atoms with Crippen molar-refractivity contribution in [2.45, 2.75) is 106 Å². The molecule has 23 heavy (non-hydrogen) atoms. The van der Waals surface area contributed by atoms with Gasteiger partial charge in [-0.1, -0.05) is 80.6 Å². The molecule has 0 spiro atoms. The first-order chi connectivity index (χ1) is 10.9. The first-order valence-corrected chi connectivity index (χ1v) is 10.9. The third-order valence-corrected chi connectivity index (χ3v) is 7.37. The van der Waals surface area contributed by atoms with Crippen LogP contribution in [0, 0.1) is 41.4 Å². The summed E-state index contributed by atoms with van der Waals surface area (Å²) in [5, 5.41) is 0. The van der Waals surface area contributed by atoms with Gasteiger partial charge in [0, 0.05) is 0 Å². The molecule has 0 N–H and O–H groups in total. The topological polar surface area (TPSA) is 0 Å². The molecule has 1 fully saturated rings. The average Bonchev–Trinajstić information content (AvgIpc) is 2.97. The van der Waals surface area contributed by atoms with E-state index in [4.69, 9.17) is 0 Å². The standard InChI is InChI=1S/C23H46/c1-8-17(4)15-22(21-13-11-18(5)16-21)14-12-20(7)23(10-3)19(6)9-2/h17-23H,8-16H2,1-7H3. The minimum absolute atomic E-state index is 0.898. The fourth-order valence-electron chi connectivity index (χ4n) is 5.27. The summed E-state index contributed by atoms with van der Waals surface area (Å²) in [7, 11) is 0. The Morgan fingerprint density at radius 1 is 0.826 bits per heavy atom. The summed E-state index contributed by atoms with van der Waals surface area (Å²) in [5.74, 6) is 6.69. The molecule has 0 aliphatic heterocycles. The van der Waals surface area contributed by atoms with Crippen LogP contribution in [0.5, 0.6) is 0 Å². The van der Waals surface area contributed by atoms with Crippen LogP contribution in [0.1, 0.15) is 106 Å². The predicted octanol–water partition coefficient (Wildman–Crippen LogP) is 7.96. The van der Waals surface area contributed by atoms with E-state index in [0.29, 0.717) is 0 Å². The van der Waals surface area contributed by atoms with E-state index in [0.717, 1.165) is 41.4 Å². The summed E-state index contributed by atoms with van der Waals surface area (Å²) in [4.78, 5) is 0. The lowest BCUT2D eigenvalue weighted by Gasteiger charge is -2.32. The van der Waals surface area contributed by atoms with Crippen molar-refractivity contribution in [3.05, 3.63) is 0 Å². The normalized spacial score (nSPS) is 28.3. The van der Waals surface area contributed by atoms with Gasteiger partial charge in [-0.15, -0.1) is 0 Å². The second-order valence-corrected chi connectivity index (χ2v) is 9.20. The molecule has 0 nitrogen and oxygen atoms in total. The SMILES string of the molecule is CCC(C)CC(CCC(C)C(CC)C(C)CC)C1CCC(C)C1. The molecule has 7 unspecified atom stereocenters. The van der Waals surface area contributed by atoms with Crippen molar-refractivity contribution in [3.8, 4) is 0 Å². The molecule has 0 heterocycles. The summed E-state index contributed by atoms with van der Waals surface area (Å²) in [6, 6.07) is 0. The Morgan fingerprint density at radius 3 is 2.00 bits per heavy atom. The molecular weight excluding hydrogens is 276 g/mol. The van der Waals surface area contributed by atoms with Crippen molar-refractivity contribution < 1.29 is 0 Å². The second kappa shape index (κ2) is 10.8. The lowest BCUT2D eigenvalue weighted by atomic mass is 9.74. The molecule has 0 aromatic carbocycles. The Kier molecular flexibility index (Phi) is 9.86. The monoisotopic (exact) mass is 322 g/mol. The average molecular weight is 323 g/mol. The number of hydrogen-bond donors (Lipinski definition) is 0. The Hall–Kier alpha value is 0. The van der Waals surface area contributed by atoms with Crippen LogP contribution in [0.25, 0.3) is 0 Å². The molecule has 0 amide bonds. The molecule has 1 rings (SSSR count). The van der Waals surface area contributed by atoms with Gasteiger partial charge in [0.15, 0.2) is 0 Å². The summed E-state index contributed by atoms with van der Waals surface area (Å²) in [6.07, 6.45) is 13.0. The smallest absolute Gasteiger partial charge is 0.0365 e. The highest BCUT2D eigenvalue weighted by molar-refractivity contribution is 4.81. The van der Waals surface area contributed by atoms with Gasteiger partial charge in [-0.3, -0.25) is 0 Å². The van der Waals surface area contributed by atoms with Crippen molar-refractivity contribution >= 4 is 0 Å². The van der Waals surface area contributed by atoms with Crippen LogP contribution < -0.4 is 0 Å². The van der Waals surface area contributed by atoms with E-state index in [2.05, 4.69) is 48.5 Å². The second-order valence-electron chi connectivity index (χ2n) is 9.20. The lowest BCUT2D eigenvalue weighted by Crippen LogP contribution is -2.22.